The molecule has 0 nitrogen and oxygen atoms in total. The van der Waals surface area contributed by atoms with Crippen molar-refractivity contribution >= 4 is 24.0 Å². The Labute approximate surface area is 122 Å². The van der Waals surface area contributed by atoms with Crippen LogP contribution in [0.3, 0.4) is 0 Å². The summed E-state index contributed by atoms with van der Waals surface area (Å²) in [6, 6.07) is 3.87. The van der Waals surface area contributed by atoms with Crippen LogP contribution in [0.5, 0.6) is 0 Å². The van der Waals surface area contributed by atoms with Gasteiger partial charge in [-0.15, -0.1) is 0 Å². The third-order valence-corrected chi connectivity index (χ3v) is 1.85. The van der Waals surface area contributed by atoms with Crippen LogP contribution >= 0.6 is 11.6 Å². The summed E-state index contributed by atoms with van der Waals surface area (Å²) >= 11 is 5.38. The Hall–Kier alpha value is 1.00. The molecule has 0 aromatic heterocycles. The van der Waals surface area contributed by atoms with E-state index in [9.17, 15) is 12.9 Å². The second-order valence-electron chi connectivity index (χ2n) is 2.60. The zero-order valence-corrected chi connectivity index (χ0v) is 11.2. The summed E-state index contributed by atoms with van der Waals surface area (Å²) in [5.74, 6) is 0. The monoisotopic (exact) mass is 232 g/mol. The van der Waals surface area contributed by atoms with E-state index in [0.717, 1.165) is 6.07 Å². The maximum atomic E-state index is 12.2. The van der Waals surface area contributed by atoms with E-state index in [4.69, 9.17) is 11.6 Å². The van der Waals surface area contributed by atoms with Gasteiger partial charge in [0.1, 0.15) is 0 Å². The molecule has 1 rings (SSSR count). The molecule has 1 aromatic rings. The maximum absolute atomic E-state index is 12.2. The minimum atomic E-state index is -4.98. The van der Waals surface area contributed by atoms with E-state index in [-0.39, 0.29) is 56.4 Å². The van der Waals surface area contributed by atoms with E-state index in [1.165, 1.54) is 6.07 Å². The van der Waals surface area contributed by atoms with Crippen molar-refractivity contribution in [3.63, 3.8) is 0 Å². The zero-order valence-electron chi connectivity index (χ0n) is 7.32. The molecule has 0 amide bonds. The van der Waals surface area contributed by atoms with Gasteiger partial charge in [0.25, 0.3) is 0 Å². The molecule has 0 atom stereocenters. The number of halogens is 4. The smallest absolute Gasteiger partial charge is 0.445 e. The van der Waals surface area contributed by atoms with Crippen molar-refractivity contribution in [2.75, 3.05) is 0 Å². The van der Waals surface area contributed by atoms with Crippen LogP contribution < -0.4 is 56.8 Å². The van der Waals surface area contributed by atoms with Crippen molar-refractivity contribution in [3.05, 3.63) is 28.8 Å². The third kappa shape index (κ3) is 3.93. The Morgan fingerprint density at radius 2 is 1.77 bits per heavy atom. The normalized spacial score (nSPS) is 10.8. The summed E-state index contributed by atoms with van der Waals surface area (Å²) in [6.07, 6.45) is 0. The van der Waals surface area contributed by atoms with Gasteiger partial charge in [0.05, 0.1) is 0 Å². The van der Waals surface area contributed by atoms with Crippen molar-refractivity contribution in [2.24, 2.45) is 0 Å². The van der Waals surface area contributed by atoms with E-state index in [1.54, 1.807) is 13.0 Å². The molecule has 0 N–H and O–H groups in total. The summed E-state index contributed by atoms with van der Waals surface area (Å²) < 4.78 is 36.6. The SMILES string of the molecule is Cc1ccc(Cl)c([B-](F)(F)F)c1.[K+]. The first-order valence-electron chi connectivity index (χ1n) is 3.37. The minimum Gasteiger partial charge on any atom is -0.445 e. The molecular weight excluding hydrogens is 226 g/mol. The number of benzene rings is 1. The van der Waals surface area contributed by atoms with Gasteiger partial charge in [0, 0.05) is 5.02 Å². The quantitative estimate of drug-likeness (QED) is 0.584. The van der Waals surface area contributed by atoms with E-state index >= 15 is 0 Å². The first-order valence-corrected chi connectivity index (χ1v) is 3.75. The van der Waals surface area contributed by atoms with Gasteiger partial charge in [0.15, 0.2) is 0 Å². The molecule has 6 heteroatoms. The van der Waals surface area contributed by atoms with Crippen LogP contribution in [0.2, 0.25) is 5.02 Å². The van der Waals surface area contributed by atoms with Gasteiger partial charge in [-0.05, 0) is 13.0 Å². The van der Waals surface area contributed by atoms with Crippen LogP contribution in [0.4, 0.5) is 12.9 Å². The van der Waals surface area contributed by atoms with Gasteiger partial charge in [-0.1, -0.05) is 34.8 Å². The number of hydrogen-bond acceptors (Lipinski definition) is 0. The van der Waals surface area contributed by atoms with Gasteiger partial charge >= 0.3 is 58.4 Å². The van der Waals surface area contributed by atoms with Gasteiger partial charge in [-0.2, -0.15) is 0 Å². The van der Waals surface area contributed by atoms with Gasteiger partial charge in [-0.3, -0.25) is 0 Å². The van der Waals surface area contributed by atoms with Crippen molar-refractivity contribution < 1.29 is 64.3 Å². The molecule has 1 aromatic carbocycles. The molecule has 0 unspecified atom stereocenters. The van der Waals surface area contributed by atoms with Crippen LogP contribution in [0, 0.1) is 6.92 Å². The Kier molecular flexibility index (Phi) is 5.59. The molecule has 0 radical (unpaired) electrons. The second-order valence-corrected chi connectivity index (χ2v) is 3.01. The van der Waals surface area contributed by atoms with Crippen molar-refractivity contribution in [1.82, 2.24) is 0 Å². The average Bonchev–Trinajstić information content (AvgIpc) is 1.92. The first kappa shape index (κ1) is 14.0. The molecule has 0 spiro atoms. The van der Waals surface area contributed by atoms with E-state index in [0.29, 0.717) is 5.56 Å². The van der Waals surface area contributed by atoms with E-state index < -0.39 is 12.4 Å². The van der Waals surface area contributed by atoms with Crippen LogP contribution in [0.1, 0.15) is 5.56 Å². The molecule has 66 valence electrons. The molecule has 0 heterocycles. The molecule has 0 aliphatic heterocycles. The summed E-state index contributed by atoms with van der Waals surface area (Å²) in [4.78, 5) is 0. The maximum Gasteiger partial charge on any atom is 1.00 e. The van der Waals surface area contributed by atoms with Gasteiger partial charge < -0.3 is 12.9 Å². The van der Waals surface area contributed by atoms with Crippen molar-refractivity contribution in [3.8, 4) is 0 Å². The van der Waals surface area contributed by atoms with Crippen LogP contribution in [0.25, 0.3) is 0 Å². The zero-order chi connectivity index (χ0) is 9.35. The Morgan fingerprint density at radius 3 is 2.15 bits per heavy atom. The van der Waals surface area contributed by atoms with Crippen LogP contribution in [-0.4, -0.2) is 6.98 Å². The topological polar surface area (TPSA) is 0 Å². The molecule has 0 aliphatic rings. The number of rotatable bonds is 1. The predicted molar refractivity (Wildman–Crippen MR) is 44.9 cm³/mol. The van der Waals surface area contributed by atoms with Gasteiger partial charge in [-0.25, -0.2) is 0 Å². The Balaban J connectivity index is 0.00000144. The molecule has 0 saturated heterocycles. The standard InChI is InChI=1S/C7H6BClF3.K/c1-5-2-3-7(9)6(4-5)8(10,11)12;/h2-4H,1H3;/q-1;+1. The first-order chi connectivity index (χ1) is 5.41. The molecular formula is C7H6BClF3K. The summed E-state index contributed by atoms with van der Waals surface area (Å²) in [7, 11) is 0. The summed E-state index contributed by atoms with van der Waals surface area (Å²) in [5, 5.41) is -0.229. The van der Waals surface area contributed by atoms with Crippen LogP contribution in [0.15, 0.2) is 18.2 Å². The summed E-state index contributed by atoms with van der Waals surface area (Å²) in [6.45, 7) is -3.38. The fraction of sp³-hybridized carbons (Fsp3) is 0.143. The summed E-state index contributed by atoms with van der Waals surface area (Å²) in [5.41, 5.74) is -0.148. The molecule has 0 fully saturated rings. The average molecular weight is 232 g/mol. The molecule has 13 heavy (non-hydrogen) atoms. The Morgan fingerprint density at radius 1 is 1.23 bits per heavy atom. The number of aryl methyl sites for hydroxylation is 1. The number of hydrogen-bond donors (Lipinski definition) is 0. The predicted octanol–water partition coefficient (Wildman–Crippen LogP) is -0.293. The fourth-order valence-corrected chi connectivity index (χ4v) is 1.16. The minimum absolute atomic E-state index is 0. The molecule has 0 aliphatic carbocycles. The molecule has 0 bridgehead atoms. The van der Waals surface area contributed by atoms with Crippen molar-refractivity contribution in [2.45, 2.75) is 6.92 Å². The van der Waals surface area contributed by atoms with Gasteiger partial charge in [0.2, 0.25) is 0 Å². The third-order valence-electron chi connectivity index (χ3n) is 1.50. The van der Waals surface area contributed by atoms with E-state index in [1.807, 2.05) is 0 Å². The van der Waals surface area contributed by atoms with Crippen molar-refractivity contribution in [1.29, 1.82) is 0 Å². The van der Waals surface area contributed by atoms with E-state index in [2.05, 4.69) is 0 Å². The Bertz CT molecular complexity index is 300. The largest absolute Gasteiger partial charge is 1.00 e. The van der Waals surface area contributed by atoms with Crippen LogP contribution in [-0.2, 0) is 0 Å². The second kappa shape index (κ2) is 5.19. The molecule has 0 saturated carbocycles. The fourth-order valence-electron chi connectivity index (χ4n) is 0.914.